The molecular weight excluding hydrogens is 155 g/mol. The molecule has 1 rings (SSSR count). The molecule has 0 spiro atoms. The van der Waals surface area contributed by atoms with Crippen LogP contribution in [-0.2, 0) is 0 Å². The highest BCUT2D eigenvalue weighted by molar-refractivity contribution is 6.08. The fraction of sp³-hybridized carbons (Fsp3) is 0. The Hall–Kier alpha value is -1.64. The predicted octanol–water partition coefficient (Wildman–Crippen LogP) is 1.77. The number of halogens is 1. The standard InChI is InChI=1S/C9H9FN2/c10-9-3-1-2-7(4-9)8(5-11)6-12/h1-6,11H,12H2. The molecule has 0 aliphatic heterocycles. The second-order valence-electron chi connectivity index (χ2n) is 2.28. The summed E-state index contributed by atoms with van der Waals surface area (Å²) in [6.45, 7) is 0. The Balaban J connectivity index is 3.10. The molecule has 3 heteroatoms. The molecule has 0 saturated heterocycles. The normalized spacial score (nSPS) is 11.2. The number of allylic oxidation sites excluding steroid dienone is 1. The molecule has 62 valence electrons. The second kappa shape index (κ2) is 3.67. The van der Waals surface area contributed by atoms with Crippen molar-refractivity contribution in [2.75, 3.05) is 0 Å². The summed E-state index contributed by atoms with van der Waals surface area (Å²) in [5.74, 6) is -0.325. The fourth-order valence-corrected chi connectivity index (χ4v) is 0.896. The van der Waals surface area contributed by atoms with E-state index in [1.807, 2.05) is 0 Å². The van der Waals surface area contributed by atoms with Gasteiger partial charge in [-0.15, -0.1) is 0 Å². The van der Waals surface area contributed by atoms with Crippen LogP contribution in [0.15, 0.2) is 30.5 Å². The van der Waals surface area contributed by atoms with E-state index in [2.05, 4.69) is 0 Å². The van der Waals surface area contributed by atoms with Crippen molar-refractivity contribution in [3.63, 3.8) is 0 Å². The molecule has 0 heterocycles. The molecule has 0 radical (unpaired) electrons. The zero-order valence-electron chi connectivity index (χ0n) is 6.42. The van der Waals surface area contributed by atoms with Crippen LogP contribution in [-0.4, -0.2) is 6.21 Å². The molecule has 0 fully saturated rings. The van der Waals surface area contributed by atoms with Crippen molar-refractivity contribution in [3.05, 3.63) is 41.8 Å². The van der Waals surface area contributed by atoms with Crippen LogP contribution >= 0.6 is 0 Å². The first-order valence-electron chi connectivity index (χ1n) is 3.46. The average Bonchev–Trinajstić information content (AvgIpc) is 2.07. The Morgan fingerprint density at radius 2 is 2.25 bits per heavy atom. The van der Waals surface area contributed by atoms with Crippen molar-refractivity contribution >= 4 is 11.8 Å². The zero-order chi connectivity index (χ0) is 8.97. The van der Waals surface area contributed by atoms with Gasteiger partial charge in [-0.25, -0.2) is 4.39 Å². The number of benzene rings is 1. The fourth-order valence-electron chi connectivity index (χ4n) is 0.896. The maximum atomic E-state index is 12.7. The molecule has 1 aromatic rings. The summed E-state index contributed by atoms with van der Waals surface area (Å²) in [6.07, 6.45) is 2.37. The lowest BCUT2D eigenvalue weighted by Gasteiger charge is -1.99. The minimum atomic E-state index is -0.325. The monoisotopic (exact) mass is 164 g/mol. The first-order valence-corrected chi connectivity index (χ1v) is 3.46. The zero-order valence-corrected chi connectivity index (χ0v) is 6.42. The van der Waals surface area contributed by atoms with Gasteiger partial charge in [-0.3, -0.25) is 0 Å². The van der Waals surface area contributed by atoms with Gasteiger partial charge in [0.05, 0.1) is 0 Å². The lowest BCUT2D eigenvalue weighted by Crippen LogP contribution is -1.90. The van der Waals surface area contributed by atoms with Crippen LogP contribution in [0.4, 0.5) is 4.39 Å². The molecule has 0 amide bonds. The molecule has 0 bridgehead atoms. The summed E-state index contributed by atoms with van der Waals surface area (Å²) in [7, 11) is 0. The van der Waals surface area contributed by atoms with Crippen molar-refractivity contribution in [1.82, 2.24) is 0 Å². The molecule has 0 aliphatic carbocycles. The van der Waals surface area contributed by atoms with Crippen LogP contribution in [0.25, 0.3) is 5.57 Å². The van der Waals surface area contributed by atoms with E-state index < -0.39 is 0 Å². The summed E-state index contributed by atoms with van der Waals surface area (Å²) >= 11 is 0. The van der Waals surface area contributed by atoms with Crippen LogP contribution in [0.3, 0.4) is 0 Å². The SMILES string of the molecule is N=CC(=CN)c1cccc(F)c1. The molecular formula is C9H9FN2. The topological polar surface area (TPSA) is 49.9 Å². The molecule has 0 saturated carbocycles. The van der Waals surface area contributed by atoms with Crippen LogP contribution in [0, 0.1) is 11.2 Å². The molecule has 0 aromatic heterocycles. The third kappa shape index (κ3) is 1.69. The molecule has 2 nitrogen and oxygen atoms in total. The van der Waals surface area contributed by atoms with Gasteiger partial charge in [-0.2, -0.15) is 0 Å². The Morgan fingerprint density at radius 3 is 2.75 bits per heavy atom. The van der Waals surface area contributed by atoms with Gasteiger partial charge in [0.15, 0.2) is 0 Å². The molecule has 0 aliphatic rings. The van der Waals surface area contributed by atoms with E-state index in [0.29, 0.717) is 11.1 Å². The van der Waals surface area contributed by atoms with Gasteiger partial charge >= 0.3 is 0 Å². The Morgan fingerprint density at radius 1 is 1.50 bits per heavy atom. The minimum absolute atomic E-state index is 0.325. The van der Waals surface area contributed by atoms with E-state index in [-0.39, 0.29) is 5.82 Å². The van der Waals surface area contributed by atoms with Gasteiger partial charge < -0.3 is 11.1 Å². The van der Waals surface area contributed by atoms with E-state index >= 15 is 0 Å². The molecule has 0 atom stereocenters. The Kier molecular flexibility index (Phi) is 2.58. The average molecular weight is 164 g/mol. The van der Waals surface area contributed by atoms with Crippen molar-refractivity contribution in [1.29, 1.82) is 5.41 Å². The predicted molar refractivity (Wildman–Crippen MR) is 47.3 cm³/mol. The van der Waals surface area contributed by atoms with Gasteiger partial charge in [0, 0.05) is 18.0 Å². The molecule has 12 heavy (non-hydrogen) atoms. The highest BCUT2D eigenvalue weighted by Gasteiger charge is 1.97. The van der Waals surface area contributed by atoms with Gasteiger partial charge in [-0.1, -0.05) is 12.1 Å². The quantitative estimate of drug-likeness (QED) is 0.643. The van der Waals surface area contributed by atoms with Crippen molar-refractivity contribution in [3.8, 4) is 0 Å². The molecule has 3 N–H and O–H groups in total. The van der Waals surface area contributed by atoms with Gasteiger partial charge in [-0.05, 0) is 17.7 Å². The maximum Gasteiger partial charge on any atom is 0.123 e. The summed E-state index contributed by atoms with van der Waals surface area (Å²) < 4.78 is 12.7. The highest BCUT2D eigenvalue weighted by atomic mass is 19.1. The second-order valence-corrected chi connectivity index (χ2v) is 2.28. The van der Waals surface area contributed by atoms with Crippen molar-refractivity contribution < 1.29 is 4.39 Å². The smallest absolute Gasteiger partial charge is 0.123 e. The lowest BCUT2D eigenvalue weighted by molar-refractivity contribution is 0.627. The van der Waals surface area contributed by atoms with Crippen LogP contribution < -0.4 is 5.73 Å². The van der Waals surface area contributed by atoms with Gasteiger partial charge in [0.25, 0.3) is 0 Å². The number of rotatable bonds is 2. The van der Waals surface area contributed by atoms with Crippen LogP contribution in [0.2, 0.25) is 0 Å². The third-order valence-corrected chi connectivity index (χ3v) is 1.49. The van der Waals surface area contributed by atoms with E-state index in [0.717, 1.165) is 6.21 Å². The first-order chi connectivity index (χ1) is 5.77. The number of hydrogen-bond donors (Lipinski definition) is 2. The van der Waals surface area contributed by atoms with Crippen LogP contribution in [0.1, 0.15) is 5.56 Å². The van der Waals surface area contributed by atoms with E-state index in [1.165, 1.54) is 18.3 Å². The largest absolute Gasteiger partial charge is 0.404 e. The Bertz CT molecular complexity index is 318. The summed E-state index contributed by atoms with van der Waals surface area (Å²) in [5.41, 5.74) is 6.36. The van der Waals surface area contributed by atoms with Gasteiger partial charge in [0.2, 0.25) is 0 Å². The van der Waals surface area contributed by atoms with Gasteiger partial charge in [0.1, 0.15) is 5.82 Å². The third-order valence-electron chi connectivity index (χ3n) is 1.49. The summed E-state index contributed by atoms with van der Waals surface area (Å²) in [6, 6.07) is 5.97. The van der Waals surface area contributed by atoms with Crippen LogP contribution in [0.5, 0.6) is 0 Å². The summed E-state index contributed by atoms with van der Waals surface area (Å²) in [4.78, 5) is 0. The Labute approximate surface area is 70.0 Å². The maximum absolute atomic E-state index is 12.7. The van der Waals surface area contributed by atoms with Crippen molar-refractivity contribution in [2.45, 2.75) is 0 Å². The number of nitrogens with one attached hydrogen (secondary N) is 1. The number of hydrogen-bond acceptors (Lipinski definition) is 2. The highest BCUT2D eigenvalue weighted by Crippen LogP contribution is 2.11. The van der Waals surface area contributed by atoms with E-state index in [9.17, 15) is 4.39 Å². The van der Waals surface area contributed by atoms with E-state index in [4.69, 9.17) is 11.1 Å². The molecule has 1 aromatic carbocycles. The number of nitrogens with two attached hydrogens (primary N) is 1. The molecule has 0 unspecified atom stereocenters. The lowest BCUT2D eigenvalue weighted by atomic mass is 10.1. The summed E-state index contributed by atoms with van der Waals surface area (Å²) in [5, 5.41) is 6.97. The minimum Gasteiger partial charge on any atom is -0.404 e. The van der Waals surface area contributed by atoms with Crippen molar-refractivity contribution in [2.24, 2.45) is 5.73 Å². The first kappa shape index (κ1) is 8.46. The van der Waals surface area contributed by atoms with E-state index in [1.54, 1.807) is 12.1 Å².